The number of rotatable bonds is 6. The van der Waals surface area contributed by atoms with E-state index in [-0.39, 0.29) is 17.6 Å². The highest BCUT2D eigenvalue weighted by molar-refractivity contribution is 5.69. The van der Waals surface area contributed by atoms with Gasteiger partial charge in [-0.3, -0.25) is 0 Å². The summed E-state index contributed by atoms with van der Waals surface area (Å²) in [7, 11) is 0. The molecule has 2 aromatic carbocycles. The molecule has 0 saturated heterocycles. The van der Waals surface area contributed by atoms with E-state index in [2.05, 4.69) is 25.3 Å². The minimum absolute atomic E-state index is 0.231. The van der Waals surface area contributed by atoms with E-state index in [0.717, 1.165) is 25.7 Å². The van der Waals surface area contributed by atoms with Crippen molar-refractivity contribution in [2.24, 2.45) is 0 Å². The first kappa shape index (κ1) is 22.8. The molecule has 1 saturated carbocycles. The summed E-state index contributed by atoms with van der Waals surface area (Å²) in [6.07, 6.45) is 0.652. The number of nitrogens with zero attached hydrogens (tertiary/aromatic N) is 2. The van der Waals surface area contributed by atoms with E-state index in [1.807, 2.05) is 0 Å². The van der Waals surface area contributed by atoms with Crippen molar-refractivity contribution in [1.82, 2.24) is 9.97 Å². The molecule has 4 rings (SSSR count). The maximum atomic E-state index is 13.5. The molecular weight excluding hydrogens is 436 g/mol. The second kappa shape index (κ2) is 9.64. The Bertz CT molecular complexity index is 1110. The molecule has 1 aliphatic rings. The molecule has 1 aromatic heterocycles. The van der Waals surface area contributed by atoms with Crippen molar-refractivity contribution in [2.45, 2.75) is 51.4 Å². The lowest BCUT2D eigenvalue weighted by Crippen LogP contribution is -2.23. The van der Waals surface area contributed by atoms with Gasteiger partial charge in [-0.15, -0.1) is 13.2 Å². The number of halogens is 4. The van der Waals surface area contributed by atoms with Crippen LogP contribution < -0.4 is 15.4 Å². The molecule has 33 heavy (non-hydrogen) atoms. The van der Waals surface area contributed by atoms with Crippen molar-refractivity contribution in [3.05, 3.63) is 59.9 Å². The van der Waals surface area contributed by atoms with Crippen LogP contribution in [0.5, 0.6) is 5.75 Å². The number of ether oxygens (including phenoxy) is 1. The molecule has 1 fully saturated rings. The number of anilines is 3. The van der Waals surface area contributed by atoms with E-state index in [1.54, 1.807) is 25.1 Å². The Morgan fingerprint density at radius 1 is 0.970 bits per heavy atom. The zero-order valence-corrected chi connectivity index (χ0v) is 18.0. The van der Waals surface area contributed by atoms with Gasteiger partial charge in [0.1, 0.15) is 17.4 Å². The highest BCUT2D eigenvalue weighted by atomic mass is 19.4. The van der Waals surface area contributed by atoms with Crippen LogP contribution in [0, 0.1) is 12.7 Å². The fourth-order valence-electron chi connectivity index (χ4n) is 3.91. The summed E-state index contributed by atoms with van der Waals surface area (Å²) in [5.41, 5.74) is 2.24. The first-order chi connectivity index (χ1) is 15.7. The summed E-state index contributed by atoms with van der Waals surface area (Å²) in [5.74, 6) is 0.144. The Balaban J connectivity index is 1.68. The second-order valence-electron chi connectivity index (χ2n) is 8.10. The lowest BCUT2D eigenvalue weighted by atomic mass is 9.96. The largest absolute Gasteiger partial charge is 0.573 e. The van der Waals surface area contributed by atoms with E-state index in [4.69, 9.17) is 0 Å². The van der Waals surface area contributed by atoms with E-state index in [1.165, 1.54) is 36.8 Å². The van der Waals surface area contributed by atoms with Crippen LogP contribution in [0.1, 0.15) is 37.7 Å². The Morgan fingerprint density at radius 3 is 2.48 bits per heavy atom. The van der Waals surface area contributed by atoms with Gasteiger partial charge in [-0.1, -0.05) is 31.4 Å². The average Bonchev–Trinajstić information content (AvgIpc) is 2.75. The Morgan fingerprint density at radius 2 is 1.76 bits per heavy atom. The number of alkyl halides is 3. The summed E-state index contributed by atoms with van der Waals surface area (Å²) in [6, 6.07) is 11.9. The van der Waals surface area contributed by atoms with Crippen LogP contribution in [0.25, 0.3) is 11.3 Å². The maximum absolute atomic E-state index is 13.5. The van der Waals surface area contributed by atoms with Gasteiger partial charge in [-0.05, 0) is 55.7 Å². The molecule has 0 atom stereocenters. The Labute approximate surface area is 189 Å². The van der Waals surface area contributed by atoms with Gasteiger partial charge in [0.25, 0.3) is 0 Å². The monoisotopic (exact) mass is 460 g/mol. The van der Waals surface area contributed by atoms with Crippen molar-refractivity contribution in [1.29, 1.82) is 0 Å². The molecule has 0 aliphatic heterocycles. The van der Waals surface area contributed by atoms with Crippen molar-refractivity contribution < 1.29 is 22.3 Å². The molecule has 0 radical (unpaired) electrons. The van der Waals surface area contributed by atoms with Crippen LogP contribution in [0.4, 0.5) is 35.0 Å². The predicted octanol–water partition coefficient (Wildman–Crippen LogP) is 6.98. The topological polar surface area (TPSA) is 59.1 Å². The molecule has 5 nitrogen and oxygen atoms in total. The fourth-order valence-corrected chi connectivity index (χ4v) is 3.91. The first-order valence-corrected chi connectivity index (χ1v) is 10.8. The van der Waals surface area contributed by atoms with Crippen molar-refractivity contribution >= 4 is 17.5 Å². The van der Waals surface area contributed by atoms with Gasteiger partial charge >= 0.3 is 6.36 Å². The molecule has 1 heterocycles. The zero-order valence-electron chi connectivity index (χ0n) is 18.0. The third-order valence-electron chi connectivity index (χ3n) is 5.48. The van der Waals surface area contributed by atoms with E-state index in [9.17, 15) is 17.6 Å². The average molecular weight is 460 g/mol. The van der Waals surface area contributed by atoms with Gasteiger partial charge in [0.05, 0.1) is 5.69 Å². The van der Waals surface area contributed by atoms with E-state index in [0.29, 0.717) is 34.3 Å². The maximum Gasteiger partial charge on any atom is 0.573 e. The van der Waals surface area contributed by atoms with E-state index >= 15 is 0 Å². The van der Waals surface area contributed by atoms with Gasteiger partial charge in [0.15, 0.2) is 0 Å². The number of hydrogen-bond donors (Lipinski definition) is 2. The standard InChI is InChI=1S/C24H24F4N4O/c1-15-12-17(25)10-11-20(15)30-22-14-21(16-6-5-9-19(13-16)33-24(26,27)28)31-23(32-22)29-18-7-3-2-4-8-18/h5-6,9-14,18H,2-4,7-8H2,1H3,(H2,29,30,31,32). The summed E-state index contributed by atoms with van der Waals surface area (Å²) in [6.45, 7) is 1.77. The fraction of sp³-hybridized carbons (Fsp3) is 0.333. The van der Waals surface area contributed by atoms with Crippen LogP contribution in [0.2, 0.25) is 0 Å². The first-order valence-electron chi connectivity index (χ1n) is 10.8. The molecule has 1 aliphatic carbocycles. The molecule has 3 aromatic rings. The minimum atomic E-state index is -4.79. The molecule has 0 unspecified atom stereocenters. The number of nitrogens with one attached hydrogen (secondary N) is 2. The van der Waals surface area contributed by atoms with Gasteiger partial charge in [-0.25, -0.2) is 9.37 Å². The number of hydrogen-bond acceptors (Lipinski definition) is 5. The molecule has 0 bridgehead atoms. The number of benzene rings is 2. The molecule has 2 N–H and O–H groups in total. The van der Waals surface area contributed by atoms with E-state index < -0.39 is 6.36 Å². The summed E-state index contributed by atoms with van der Waals surface area (Å²) in [5, 5.41) is 6.53. The predicted molar refractivity (Wildman–Crippen MR) is 119 cm³/mol. The van der Waals surface area contributed by atoms with Crippen molar-refractivity contribution in [3.63, 3.8) is 0 Å². The third-order valence-corrected chi connectivity index (χ3v) is 5.48. The lowest BCUT2D eigenvalue weighted by Gasteiger charge is -2.23. The van der Waals surface area contributed by atoms with Crippen LogP contribution in [0.15, 0.2) is 48.5 Å². The van der Waals surface area contributed by atoms with Gasteiger partial charge in [-0.2, -0.15) is 4.98 Å². The summed E-state index contributed by atoms with van der Waals surface area (Å²) in [4.78, 5) is 9.11. The van der Waals surface area contributed by atoms with Gasteiger partial charge in [0.2, 0.25) is 5.95 Å². The molecule has 9 heteroatoms. The highest BCUT2D eigenvalue weighted by Gasteiger charge is 2.31. The smallest absolute Gasteiger partial charge is 0.406 e. The van der Waals surface area contributed by atoms with Crippen LogP contribution >= 0.6 is 0 Å². The van der Waals surface area contributed by atoms with Crippen LogP contribution in [-0.2, 0) is 0 Å². The number of aromatic nitrogens is 2. The quantitative estimate of drug-likeness (QED) is 0.389. The summed E-state index contributed by atoms with van der Waals surface area (Å²) < 4.78 is 55.6. The molecule has 0 amide bonds. The van der Waals surface area contributed by atoms with Crippen molar-refractivity contribution in [2.75, 3.05) is 10.6 Å². The van der Waals surface area contributed by atoms with Crippen molar-refractivity contribution in [3.8, 4) is 17.0 Å². The SMILES string of the molecule is Cc1cc(F)ccc1Nc1cc(-c2cccc(OC(F)(F)F)c2)nc(NC2CCCCC2)n1. The summed E-state index contributed by atoms with van der Waals surface area (Å²) >= 11 is 0. The molecular formula is C24H24F4N4O. The normalized spacial score (nSPS) is 14.7. The third kappa shape index (κ3) is 6.34. The second-order valence-corrected chi connectivity index (χ2v) is 8.10. The Kier molecular flexibility index (Phi) is 6.67. The number of aryl methyl sites for hydroxylation is 1. The van der Waals surface area contributed by atoms with Gasteiger partial charge in [0, 0.05) is 23.4 Å². The zero-order chi connectivity index (χ0) is 23.4. The van der Waals surface area contributed by atoms with Gasteiger partial charge < -0.3 is 15.4 Å². The molecule has 0 spiro atoms. The van der Waals surface area contributed by atoms with Crippen LogP contribution in [-0.4, -0.2) is 22.4 Å². The Hall–Kier alpha value is -3.36. The minimum Gasteiger partial charge on any atom is -0.406 e. The highest BCUT2D eigenvalue weighted by Crippen LogP contribution is 2.30. The molecule has 174 valence electrons. The lowest BCUT2D eigenvalue weighted by molar-refractivity contribution is -0.274. The van der Waals surface area contributed by atoms with Crippen LogP contribution in [0.3, 0.4) is 0 Å².